The van der Waals surface area contributed by atoms with Crippen molar-refractivity contribution in [3.8, 4) is 0 Å². The molecule has 8 heteroatoms. The third kappa shape index (κ3) is 7.58. The van der Waals surface area contributed by atoms with E-state index in [1.165, 1.54) is 25.7 Å². The summed E-state index contributed by atoms with van der Waals surface area (Å²) in [6, 6.07) is 0. The molecule has 6 nitrogen and oxygen atoms in total. The van der Waals surface area contributed by atoms with Gasteiger partial charge in [-0.2, -0.15) is 0 Å². The Balaban J connectivity index is 0.00000312. The molecule has 2 rings (SSSR count). The van der Waals surface area contributed by atoms with Crippen LogP contribution in [0.25, 0.3) is 0 Å². The standard InChI is InChI=1S/C17H34N4O2S.HI/c1-3-17(9-6-10-17)14-20-16(18-4-2)19-11-12-24(22,23)21-13-15-7-5-8-15;/h15,21H,3-14H2,1-2H3,(H2,18,19,20);1H. The molecule has 0 bridgehead atoms. The van der Waals surface area contributed by atoms with Gasteiger partial charge in [-0.3, -0.25) is 4.99 Å². The molecular formula is C17H35IN4O2S. The van der Waals surface area contributed by atoms with Crippen molar-refractivity contribution in [3.05, 3.63) is 0 Å². The van der Waals surface area contributed by atoms with Crippen molar-refractivity contribution >= 4 is 40.0 Å². The first-order valence-corrected chi connectivity index (χ1v) is 11.1. The maximum absolute atomic E-state index is 12.0. The monoisotopic (exact) mass is 486 g/mol. The van der Waals surface area contributed by atoms with Gasteiger partial charge in [-0.05, 0) is 50.4 Å². The fourth-order valence-corrected chi connectivity index (χ4v) is 4.21. The number of nitrogens with one attached hydrogen (secondary N) is 3. The Morgan fingerprint density at radius 1 is 1.16 bits per heavy atom. The van der Waals surface area contributed by atoms with Gasteiger partial charge >= 0.3 is 0 Å². The minimum Gasteiger partial charge on any atom is -0.357 e. The molecule has 2 aliphatic carbocycles. The van der Waals surface area contributed by atoms with E-state index in [4.69, 9.17) is 0 Å². The summed E-state index contributed by atoms with van der Waals surface area (Å²) >= 11 is 0. The maximum Gasteiger partial charge on any atom is 0.213 e. The summed E-state index contributed by atoms with van der Waals surface area (Å²) in [6.45, 7) is 6.83. The van der Waals surface area contributed by atoms with E-state index in [0.29, 0.717) is 24.4 Å². The molecule has 0 radical (unpaired) electrons. The van der Waals surface area contributed by atoms with E-state index < -0.39 is 10.0 Å². The molecule has 2 saturated carbocycles. The summed E-state index contributed by atoms with van der Waals surface area (Å²) in [5, 5.41) is 6.36. The summed E-state index contributed by atoms with van der Waals surface area (Å²) in [4.78, 5) is 4.67. The Labute approximate surface area is 170 Å². The minimum absolute atomic E-state index is 0. The van der Waals surface area contributed by atoms with Crippen LogP contribution in [0.2, 0.25) is 0 Å². The molecule has 0 aliphatic heterocycles. The van der Waals surface area contributed by atoms with E-state index in [-0.39, 0.29) is 29.7 Å². The topological polar surface area (TPSA) is 82.6 Å². The average Bonchev–Trinajstić information content (AvgIpc) is 2.44. The SMILES string of the molecule is CCNC(=NCC1(CC)CCC1)NCCS(=O)(=O)NCC1CCC1.I. The van der Waals surface area contributed by atoms with Crippen molar-refractivity contribution in [2.24, 2.45) is 16.3 Å². The van der Waals surface area contributed by atoms with Crippen molar-refractivity contribution in [1.29, 1.82) is 0 Å². The number of sulfonamides is 1. The number of rotatable bonds is 10. The number of hydrogen-bond donors (Lipinski definition) is 3. The molecule has 0 heterocycles. The Kier molecular flexibility index (Phi) is 10.0. The van der Waals surface area contributed by atoms with E-state index >= 15 is 0 Å². The van der Waals surface area contributed by atoms with Crippen LogP contribution in [0.1, 0.15) is 58.8 Å². The Hall–Kier alpha value is -0.0900. The second kappa shape index (κ2) is 10.9. The van der Waals surface area contributed by atoms with E-state index in [0.717, 1.165) is 38.3 Å². The lowest BCUT2D eigenvalue weighted by Gasteiger charge is -2.40. The Morgan fingerprint density at radius 3 is 2.36 bits per heavy atom. The molecule has 0 aromatic carbocycles. The van der Waals surface area contributed by atoms with Crippen molar-refractivity contribution < 1.29 is 8.42 Å². The second-order valence-electron chi connectivity index (χ2n) is 7.29. The van der Waals surface area contributed by atoms with Gasteiger partial charge in [-0.15, -0.1) is 24.0 Å². The highest BCUT2D eigenvalue weighted by Gasteiger charge is 2.34. The number of aliphatic imine (C=N–C) groups is 1. The molecule has 148 valence electrons. The van der Waals surface area contributed by atoms with Gasteiger partial charge in [0.1, 0.15) is 0 Å². The zero-order valence-electron chi connectivity index (χ0n) is 15.6. The minimum atomic E-state index is -3.20. The maximum atomic E-state index is 12.0. The third-order valence-corrected chi connectivity index (χ3v) is 6.91. The lowest BCUT2D eigenvalue weighted by atomic mass is 9.67. The van der Waals surface area contributed by atoms with Crippen LogP contribution in [0.4, 0.5) is 0 Å². The molecule has 0 aromatic rings. The lowest BCUT2D eigenvalue weighted by Crippen LogP contribution is -2.43. The summed E-state index contributed by atoms with van der Waals surface area (Å²) in [6.07, 6.45) is 8.51. The van der Waals surface area contributed by atoms with Crippen LogP contribution in [0, 0.1) is 11.3 Å². The third-order valence-electron chi connectivity index (χ3n) is 5.56. The summed E-state index contributed by atoms with van der Waals surface area (Å²) < 4.78 is 26.8. The van der Waals surface area contributed by atoms with E-state index in [2.05, 4.69) is 27.3 Å². The van der Waals surface area contributed by atoms with Crippen molar-refractivity contribution in [1.82, 2.24) is 15.4 Å². The molecule has 2 fully saturated rings. The molecule has 0 spiro atoms. The van der Waals surface area contributed by atoms with Gasteiger partial charge in [0.25, 0.3) is 0 Å². The molecule has 2 aliphatic rings. The van der Waals surface area contributed by atoms with Gasteiger partial charge in [0, 0.05) is 26.2 Å². The summed E-state index contributed by atoms with van der Waals surface area (Å²) in [7, 11) is -3.20. The molecule has 3 N–H and O–H groups in total. The van der Waals surface area contributed by atoms with Crippen LogP contribution in [0.3, 0.4) is 0 Å². The zero-order valence-corrected chi connectivity index (χ0v) is 18.8. The van der Waals surface area contributed by atoms with Gasteiger partial charge in [-0.1, -0.05) is 19.8 Å². The lowest BCUT2D eigenvalue weighted by molar-refractivity contribution is 0.139. The largest absolute Gasteiger partial charge is 0.357 e. The van der Waals surface area contributed by atoms with E-state index in [1.54, 1.807) is 0 Å². The first-order chi connectivity index (χ1) is 11.5. The normalized spacial score (nSPS) is 20.2. The fourth-order valence-electron chi connectivity index (χ4n) is 3.21. The molecule has 0 aromatic heterocycles. The van der Waals surface area contributed by atoms with E-state index in [9.17, 15) is 8.42 Å². The fraction of sp³-hybridized carbons (Fsp3) is 0.941. The molecule has 0 atom stereocenters. The molecule has 0 amide bonds. The van der Waals surface area contributed by atoms with Crippen LogP contribution < -0.4 is 15.4 Å². The number of guanidine groups is 1. The van der Waals surface area contributed by atoms with Gasteiger partial charge in [0.05, 0.1) is 5.75 Å². The first-order valence-electron chi connectivity index (χ1n) is 9.48. The highest BCUT2D eigenvalue weighted by atomic mass is 127. The quantitative estimate of drug-likeness (QED) is 0.252. The number of hydrogen-bond acceptors (Lipinski definition) is 3. The van der Waals surface area contributed by atoms with E-state index in [1.807, 2.05) is 6.92 Å². The Bertz CT molecular complexity index is 511. The second-order valence-corrected chi connectivity index (χ2v) is 9.22. The predicted molar refractivity (Wildman–Crippen MR) is 115 cm³/mol. The molecule has 0 unspecified atom stereocenters. The zero-order chi connectivity index (χ0) is 17.5. The predicted octanol–water partition coefficient (Wildman–Crippen LogP) is 2.46. The first kappa shape index (κ1) is 23.0. The van der Waals surface area contributed by atoms with Gasteiger partial charge in [0.2, 0.25) is 10.0 Å². The van der Waals surface area contributed by atoms with Crippen LogP contribution >= 0.6 is 24.0 Å². The van der Waals surface area contributed by atoms with Gasteiger partial charge in [-0.25, -0.2) is 13.1 Å². The van der Waals surface area contributed by atoms with Crippen LogP contribution in [-0.4, -0.2) is 46.3 Å². The van der Waals surface area contributed by atoms with Gasteiger partial charge in [0.15, 0.2) is 5.96 Å². The van der Waals surface area contributed by atoms with Crippen LogP contribution in [-0.2, 0) is 10.0 Å². The molecular weight excluding hydrogens is 451 g/mol. The van der Waals surface area contributed by atoms with Crippen molar-refractivity contribution in [2.45, 2.75) is 58.8 Å². The van der Waals surface area contributed by atoms with Crippen LogP contribution in [0.15, 0.2) is 4.99 Å². The Morgan fingerprint density at radius 2 is 1.88 bits per heavy atom. The smallest absolute Gasteiger partial charge is 0.213 e. The average molecular weight is 486 g/mol. The van der Waals surface area contributed by atoms with Crippen molar-refractivity contribution in [3.63, 3.8) is 0 Å². The van der Waals surface area contributed by atoms with Crippen LogP contribution in [0.5, 0.6) is 0 Å². The highest BCUT2D eigenvalue weighted by molar-refractivity contribution is 14.0. The summed E-state index contributed by atoms with van der Waals surface area (Å²) in [5.41, 5.74) is 0.374. The molecule has 25 heavy (non-hydrogen) atoms. The summed E-state index contributed by atoms with van der Waals surface area (Å²) in [5.74, 6) is 1.36. The molecule has 0 saturated heterocycles. The van der Waals surface area contributed by atoms with Gasteiger partial charge < -0.3 is 10.6 Å². The number of nitrogens with zero attached hydrogens (tertiary/aromatic N) is 1. The highest BCUT2D eigenvalue weighted by Crippen LogP contribution is 2.43. The van der Waals surface area contributed by atoms with Crippen molar-refractivity contribution in [2.75, 3.05) is 31.9 Å². The number of halogens is 1.